The molecule has 0 saturated carbocycles. The lowest BCUT2D eigenvalue weighted by Gasteiger charge is -2.16. The average Bonchev–Trinajstić information content (AvgIpc) is 2.92. The SMILES string of the molecule is CN=C(NCCc1ccccc1F)NC1CC=CC1.I. The molecule has 110 valence electrons. The molecule has 0 aliphatic heterocycles. The summed E-state index contributed by atoms with van der Waals surface area (Å²) >= 11 is 0. The average molecular weight is 389 g/mol. The molecule has 0 unspecified atom stereocenters. The van der Waals surface area contributed by atoms with Gasteiger partial charge in [0.2, 0.25) is 0 Å². The molecule has 2 rings (SSSR count). The van der Waals surface area contributed by atoms with E-state index >= 15 is 0 Å². The lowest BCUT2D eigenvalue weighted by molar-refractivity contribution is 0.603. The summed E-state index contributed by atoms with van der Waals surface area (Å²) in [7, 11) is 1.75. The molecule has 0 heterocycles. The zero-order chi connectivity index (χ0) is 13.5. The van der Waals surface area contributed by atoms with Crippen LogP contribution in [0.25, 0.3) is 0 Å². The summed E-state index contributed by atoms with van der Waals surface area (Å²) in [5.41, 5.74) is 0.730. The standard InChI is InChI=1S/C15H20FN3.HI/c1-17-15(19-13-7-3-4-8-13)18-11-10-12-6-2-5-9-14(12)16;/h2-6,9,13H,7-8,10-11H2,1H3,(H2,17,18,19);1H. The third-order valence-electron chi connectivity index (χ3n) is 3.22. The molecule has 0 spiro atoms. The van der Waals surface area contributed by atoms with Crippen molar-refractivity contribution in [1.82, 2.24) is 10.6 Å². The van der Waals surface area contributed by atoms with E-state index in [-0.39, 0.29) is 29.8 Å². The first-order valence-corrected chi connectivity index (χ1v) is 6.65. The van der Waals surface area contributed by atoms with E-state index in [4.69, 9.17) is 0 Å². The third kappa shape index (κ3) is 5.11. The molecule has 0 saturated heterocycles. The van der Waals surface area contributed by atoms with Crippen molar-refractivity contribution in [2.24, 2.45) is 4.99 Å². The highest BCUT2D eigenvalue weighted by atomic mass is 127. The van der Waals surface area contributed by atoms with Crippen LogP contribution >= 0.6 is 24.0 Å². The second-order valence-corrected chi connectivity index (χ2v) is 4.62. The van der Waals surface area contributed by atoms with Crippen molar-refractivity contribution in [2.75, 3.05) is 13.6 Å². The summed E-state index contributed by atoms with van der Waals surface area (Å²) in [5, 5.41) is 6.57. The van der Waals surface area contributed by atoms with E-state index in [0.717, 1.165) is 24.4 Å². The first-order valence-electron chi connectivity index (χ1n) is 6.65. The van der Waals surface area contributed by atoms with Crippen LogP contribution in [0.1, 0.15) is 18.4 Å². The molecule has 0 bridgehead atoms. The van der Waals surface area contributed by atoms with Gasteiger partial charge in [-0.25, -0.2) is 4.39 Å². The van der Waals surface area contributed by atoms with Crippen molar-refractivity contribution in [1.29, 1.82) is 0 Å². The number of nitrogens with zero attached hydrogens (tertiary/aromatic N) is 1. The molecule has 3 nitrogen and oxygen atoms in total. The summed E-state index contributed by atoms with van der Waals surface area (Å²) in [4.78, 5) is 4.18. The van der Waals surface area contributed by atoms with E-state index in [1.54, 1.807) is 13.1 Å². The van der Waals surface area contributed by atoms with Crippen LogP contribution in [0.5, 0.6) is 0 Å². The Balaban J connectivity index is 0.00000200. The molecule has 0 aromatic heterocycles. The van der Waals surface area contributed by atoms with Crippen molar-refractivity contribution in [3.63, 3.8) is 0 Å². The maximum atomic E-state index is 13.4. The molecule has 1 aliphatic rings. The Labute approximate surface area is 136 Å². The molecule has 5 heteroatoms. The molecular formula is C15H21FIN3. The molecule has 0 amide bonds. The minimum Gasteiger partial charge on any atom is -0.356 e. The second kappa shape index (κ2) is 8.94. The van der Waals surface area contributed by atoms with Crippen molar-refractivity contribution >= 4 is 29.9 Å². The van der Waals surface area contributed by atoms with Crippen molar-refractivity contribution < 1.29 is 4.39 Å². The summed E-state index contributed by atoms with van der Waals surface area (Å²) < 4.78 is 13.4. The van der Waals surface area contributed by atoms with E-state index in [2.05, 4.69) is 27.8 Å². The maximum Gasteiger partial charge on any atom is 0.191 e. The van der Waals surface area contributed by atoms with E-state index in [9.17, 15) is 4.39 Å². The van der Waals surface area contributed by atoms with Gasteiger partial charge < -0.3 is 10.6 Å². The third-order valence-corrected chi connectivity index (χ3v) is 3.22. The van der Waals surface area contributed by atoms with Gasteiger partial charge in [-0.1, -0.05) is 30.4 Å². The van der Waals surface area contributed by atoms with Gasteiger partial charge in [-0.3, -0.25) is 4.99 Å². The van der Waals surface area contributed by atoms with Gasteiger partial charge >= 0.3 is 0 Å². The summed E-state index contributed by atoms with van der Waals surface area (Å²) in [6, 6.07) is 7.30. The number of hydrogen-bond acceptors (Lipinski definition) is 1. The van der Waals surface area contributed by atoms with E-state index in [0.29, 0.717) is 19.0 Å². The Morgan fingerprint density at radius 2 is 2.00 bits per heavy atom. The molecule has 0 atom stereocenters. The summed E-state index contributed by atoms with van der Waals surface area (Å²) in [6.45, 7) is 0.667. The quantitative estimate of drug-likeness (QED) is 0.360. The molecule has 2 N–H and O–H groups in total. The van der Waals surface area contributed by atoms with Gasteiger partial charge in [-0.15, -0.1) is 24.0 Å². The zero-order valence-corrected chi connectivity index (χ0v) is 13.9. The fraction of sp³-hybridized carbons (Fsp3) is 0.400. The monoisotopic (exact) mass is 389 g/mol. The lowest BCUT2D eigenvalue weighted by Crippen LogP contribution is -2.43. The second-order valence-electron chi connectivity index (χ2n) is 4.62. The van der Waals surface area contributed by atoms with Crippen LogP contribution in [0.3, 0.4) is 0 Å². The van der Waals surface area contributed by atoms with Gasteiger partial charge in [0.1, 0.15) is 5.82 Å². The lowest BCUT2D eigenvalue weighted by atomic mass is 10.1. The van der Waals surface area contributed by atoms with Crippen LogP contribution in [-0.2, 0) is 6.42 Å². The Bertz CT molecular complexity index is 466. The highest BCUT2D eigenvalue weighted by Crippen LogP contribution is 2.09. The minimum absolute atomic E-state index is 0. The van der Waals surface area contributed by atoms with Crippen LogP contribution in [0, 0.1) is 5.82 Å². The molecular weight excluding hydrogens is 368 g/mol. The van der Waals surface area contributed by atoms with E-state index in [1.165, 1.54) is 6.07 Å². The smallest absolute Gasteiger partial charge is 0.191 e. The molecule has 20 heavy (non-hydrogen) atoms. The fourth-order valence-electron chi connectivity index (χ4n) is 2.14. The van der Waals surface area contributed by atoms with Gasteiger partial charge in [0.25, 0.3) is 0 Å². The largest absolute Gasteiger partial charge is 0.356 e. The predicted octanol–water partition coefficient (Wildman–Crippen LogP) is 2.87. The van der Waals surface area contributed by atoms with Crippen LogP contribution in [0.4, 0.5) is 4.39 Å². The number of nitrogens with one attached hydrogen (secondary N) is 2. The van der Waals surface area contributed by atoms with Gasteiger partial charge in [0.05, 0.1) is 0 Å². The number of benzene rings is 1. The van der Waals surface area contributed by atoms with Gasteiger partial charge in [0.15, 0.2) is 5.96 Å². The van der Waals surface area contributed by atoms with Crippen molar-refractivity contribution in [3.8, 4) is 0 Å². The molecule has 1 aliphatic carbocycles. The highest BCUT2D eigenvalue weighted by molar-refractivity contribution is 14.0. The Kier molecular flexibility index (Phi) is 7.58. The molecule has 0 radical (unpaired) electrons. The topological polar surface area (TPSA) is 36.4 Å². The first-order chi connectivity index (χ1) is 9.29. The van der Waals surface area contributed by atoms with Crippen LogP contribution in [0.2, 0.25) is 0 Å². The van der Waals surface area contributed by atoms with Crippen molar-refractivity contribution in [3.05, 3.63) is 47.8 Å². The maximum absolute atomic E-state index is 13.4. The number of halogens is 2. The van der Waals surface area contributed by atoms with Gasteiger partial charge in [-0.2, -0.15) is 0 Å². The number of aliphatic imine (C=N–C) groups is 1. The first kappa shape index (κ1) is 16.9. The Morgan fingerprint density at radius 3 is 2.65 bits per heavy atom. The minimum atomic E-state index is -0.146. The fourth-order valence-corrected chi connectivity index (χ4v) is 2.14. The van der Waals surface area contributed by atoms with Crippen molar-refractivity contribution in [2.45, 2.75) is 25.3 Å². The van der Waals surface area contributed by atoms with E-state index < -0.39 is 0 Å². The zero-order valence-electron chi connectivity index (χ0n) is 11.6. The summed E-state index contributed by atoms with van der Waals surface area (Å²) in [6.07, 6.45) is 7.06. The molecule has 1 aromatic rings. The van der Waals surface area contributed by atoms with Gasteiger partial charge in [-0.05, 0) is 30.9 Å². The normalized spacial score (nSPS) is 15.0. The highest BCUT2D eigenvalue weighted by Gasteiger charge is 2.11. The predicted molar refractivity (Wildman–Crippen MR) is 92.2 cm³/mol. The Hall–Kier alpha value is -1.11. The van der Waals surface area contributed by atoms with Crippen LogP contribution in [-0.4, -0.2) is 25.6 Å². The van der Waals surface area contributed by atoms with Crippen LogP contribution < -0.4 is 10.6 Å². The number of rotatable bonds is 4. The Morgan fingerprint density at radius 1 is 1.30 bits per heavy atom. The number of guanidine groups is 1. The molecule has 1 aromatic carbocycles. The van der Waals surface area contributed by atoms with E-state index in [1.807, 2.05) is 12.1 Å². The van der Waals surface area contributed by atoms with Crippen LogP contribution in [0.15, 0.2) is 41.4 Å². The molecule has 0 fully saturated rings. The number of hydrogen-bond donors (Lipinski definition) is 2. The van der Waals surface area contributed by atoms with Gasteiger partial charge in [0, 0.05) is 19.6 Å². The summed E-state index contributed by atoms with van der Waals surface area (Å²) in [5.74, 6) is 0.636.